The van der Waals surface area contributed by atoms with Crippen LogP contribution >= 0.6 is 0 Å². The molecule has 0 radical (unpaired) electrons. The van der Waals surface area contributed by atoms with Crippen LogP contribution in [0.25, 0.3) is 0 Å². The number of aliphatic hydroxyl groups is 2. The van der Waals surface area contributed by atoms with Crippen LogP contribution in [0.5, 0.6) is 0 Å². The fourth-order valence-corrected chi connectivity index (χ4v) is 2.15. The van der Waals surface area contributed by atoms with E-state index in [-0.39, 0.29) is 6.42 Å². The summed E-state index contributed by atoms with van der Waals surface area (Å²) in [5.74, 6) is 0. The van der Waals surface area contributed by atoms with Crippen molar-refractivity contribution >= 4 is 6.79 Å². The highest BCUT2D eigenvalue weighted by Crippen LogP contribution is 2.34. The molecule has 0 aromatic rings. The first kappa shape index (κ1) is 13.6. The number of rotatable bonds is 4. The lowest BCUT2D eigenvalue weighted by Gasteiger charge is -2.39. The average molecular weight is 233 g/mol. The third-order valence-corrected chi connectivity index (χ3v) is 3.31. The second kappa shape index (κ2) is 5.23. The summed E-state index contributed by atoms with van der Waals surface area (Å²) in [6.45, 7) is 6.82. The number of ether oxygens (including phenoxy) is 2. The van der Waals surface area contributed by atoms with E-state index in [4.69, 9.17) is 13.9 Å². The maximum atomic E-state index is 10.2. The van der Waals surface area contributed by atoms with E-state index in [1.54, 1.807) is 6.92 Å². The Balaban J connectivity index is 2.99. The number of hydrogen-bond donors (Lipinski definition) is 2. The van der Waals surface area contributed by atoms with Gasteiger partial charge in [0.05, 0.1) is 12.5 Å². The SMILES string of the molecule is C=[O+][C@]1([C@H](C)O)C[C@H](OC)O[C@H](CC)[C@H]1O. The third kappa shape index (κ3) is 2.13. The Kier molecular flexibility index (Phi) is 4.43. The van der Waals surface area contributed by atoms with Crippen LogP contribution in [0.1, 0.15) is 26.7 Å². The Morgan fingerprint density at radius 2 is 2.31 bits per heavy atom. The molecule has 0 spiro atoms. The number of carbonyl (C=O) groups excluding carboxylic acids is 1. The maximum Gasteiger partial charge on any atom is 0.336 e. The molecular formula is C11H21O5+. The van der Waals surface area contributed by atoms with Crippen molar-refractivity contribution in [2.24, 2.45) is 0 Å². The smallest absolute Gasteiger partial charge is 0.336 e. The second-order valence-electron chi connectivity index (χ2n) is 4.17. The monoisotopic (exact) mass is 233 g/mol. The second-order valence-corrected chi connectivity index (χ2v) is 4.17. The molecule has 1 fully saturated rings. The minimum atomic E-state index is -1.13. The zero-order valence-electron chi connectivity index (χ0n) is 10.0. The molecule has 16 heavy (non-hydrogen) atoms. The van der Waals surface area contributed by atoms with Crippen LogP contribution in [0.3, 0.4) is 0 Å². The molecule has 0 aliphatic carbocycles. The minimum Gasteiger partial charge on any atom is -0.383 e. The fraction of sp³-hybridized carbons (Fsp3) is 0.909. The predicted octanol–water partition coefficient (Wildman–Crippen LogP) is 0.00270. The predicted molar refractivity (Wildman–Crippen MR) is 58.1 cm³/mol. The summed E-state index contributed by atoms with van der Waals surface area (Å²) in [6.07, 6.45) is -1.82. The molecule has 0 aromatic heterocycles. The Morgan fingerprint density at radius 3 is 2.69 bits per heavy atom. The summed E-state index contributed by atoms with van der Waals surface area (Å²) in [5, 5.41) is 19.9. The summed E-state index contributed by atoms with van der Waals surface area (Å²) in [4.78, 5) is 0. The minimum absolute atomic E-state index is 0.252. The molecule has 1 saturated heterocycles. The molecule has 1 aliphatic heterocycles. The quantitative estimate of drug-likeness (QED) is 0.671. The van der Waals surface area contributed by atoms with Gasteiger partial charge in [0, 0.05) is 7.11 Å². The summed E-state index contributed by atoms with van der Waals surface area (Å²) in [5.41, 5.74) is -1.13. The van der Waals surface area contributed by atoms with Gasteiger partial charge >= 0.3 is 5.60 Å². The van der Waals surface area contributed by atoms with Gasteiger partial charge in [-0.05, 0) is 13.3 Å². The molecule has 5 nitrogen and oxygen atoms in total. The number of methoxy groups -OCH3 is 1. The van der Waals surface area contributed by atoms with Crippen LogP contribution in [0.2, 0.25) is 0 Å². The van der Waals surface area contributed by atoms with Crippen molar-refractivity contribution in [1.82, 2.24) is 0 Å². The molecule has 5 atom stereocenters. The summed E-state index contributed by atoms with van der Waals surface area (Å²) < 4.78 is 15.7. The fourth-order valence-electron chi connectivity index (χ4n) is 2.15. The summed E-state index contributed by atoms with van der Waals surface area (Å²) in [6, 6.07) is 0. The first-order valence-electron chi connectivity index (χ1n) is 5.49. The summed E-state index contributed by atoms with van der Waals surface area (Å²) in [7, 11) is 1.52. The Bertz CT molecular complexity index is 243. The van der Waals surface area contributed by atoms with Gasteiger partial charge in [-0.15, -0.1) is 0 Å². The van der Waals surface area contributed by atoms with Crippen LogP contribution in [0, 0.1) is 0 Å². The van der Waals surface area contributed by atoms with Crippen molar-refractivity contribution in [2.45, 2.75) is 56.9 Å². The molecule has 1 rings (SSSR count). The zero-order valence-corrected chi connectivity index (χ0v) is 10.0. The van der Waals surface area contributed by atoms with Gasteiger partial charge in [-0.2, -0.15) is 0 Å². The van der Waals surface area contributed by atoms with Gasteiger partial charge in [0.2, 0.25) is 0 Å². The van der Waals surface area contributed by atoms with Crippen LogP contribution in [-0.4, -0.2) is 54.3 Å². The van der Waals surface area contributed by atoms with Crippen LogP contribution in [-0.2, 0) is 13.9 Å². The van der Waals surface area contributed by atoms with E-state index in [0.29, 0.717) is 6.42 Å². The molecule has 0 saturated carbocycles. The van der Waals surface area contributed by atoms with E-state index in [0.717, 1.165) is 0 Å². The highest BCUT2D eigenvalue weighted by molar-refractivity contribution is 5.14. The normalized spacial score (nSPS) is 41.7. The van der Waals surface area contributed by atoms with Crippen molar-refractivity contribution in [2.75, 3.05) is 7.11 Å². The molecule has 1 aliphatic rings. The first-order valence-corrected chi connectivity index (χ1v) is 5.49. The van der Waals surface area contributed by atoms with E-state index in [1.807, 2.05) is 6.92 Å². The topological polar surface area (TPSA) is 70.2 Å². The van der Waals surface area contributed by atoms with Gasteiger partial charge in [0.25, 0.3) is 6.79 Å². The van der Waals surface area contributed by atoms with Gasteiger partial charge in [-0.25, -0.2) is 0 Å². The van der Waals surface area contributed by atoms with Gasteiger partial charge < -0.3 is 19.7 Å². The van der Waals surface area contributed by atoms with Gasteiger partial charge in [-0.3, -0.25) is 4.42 Å². The van der Waals surface area contributed by atoms with Gasteiger partial charge in [-0.1, -0.05) is 6.92 Å². The number of hydrogen-bond acceptors (Lipinski definition) is 4. The van der Waals surface area contributed by atoms with E-state index in [9.17, 15) is 10.2 Å². The maximum absolute atomic E-state index is 10.2. The molecule has 0 amide bonds. The van der Waals surface area contributed by atoms with Gasteiger partial charge in [0.15, 0.2) is 12.4 Å². The highest BCUT2D eigenvalue weighted by atomic mass is 16.7. The molecule has 2 N–H and O–H groups in total. The number of aliphatic hydroxyl groups excluding tert-OH is 2. The van der Waals surface area contributed by atoms with Crippen molar-refractivity contribution < 1.29 is 24.1 Å². The lowest BCUT2D eigenvalue weighted by atomic mass is 9.81. The molecule has 0 unspecified atom stereocenters. The van der Waals surface area contributed by atoms with Crippen molar-refractivity contribution in [3.05, 3.63) is 0 Å². The highest BCUT2D eigenvalue weighted by Gasteiger charge is 2.60. The lowest BCUT2D eigenvalue weighted by molar-refractivity contribution is -0.593. The van der Waals surface area contributed by atoms with E-state index in [1.165, 1.54) is 7.11 Å². The van der Waals surface area contributed by atoms with E-state index < -0.39 is 30.2 Å². The Hall–Kier alpha value is -0.490. The van der Waals surface area contributed by atoms with E-state index in [2.05, 4.69) is 6.79 Å². The molecule has 0 aromatic carbocycles. The summed E-state index contributed by atoms with van der Waals surface area (Å²) >= 11 is 0. The standard InChI is InChI=1S/C11H21O5/c1-5-8-10(13)11(15-4,7(2)12)6-9(14-3)16-8/h7-10,12-13H,4-6H2,1-3H3/q+1/t7-,8+,9+,10+,11-/m0/s1. The third-order valence-electron chi connectivity index (χ3n) is 3.31. The molecule has 0 bridgehead atoms. The van der Waals surface area contributed by atoms with Crippen LogP contribution < -0.4 is 0 Å². The van der Waals surface area contributed by atoms with Crippen molar-refractivity contribution in [3.63, 3.8) is 0 Å². The first-order chi connectivity index (χ1) is 7.51. The average Bonchev–Trinajstić information content (AvgIpc) is 2.29. The lowest BCUT2D eigenvalue weighted by Crippen LogP contribution is -2.62. The molecular weight excluding hydrogens is 212 g/mol. The molecule has 94 valence electrons. The van der Waals surface area contributed by atoms with Gasteiger partial charge in [0.1, 0.15) is 6.10 Å². The molecule has 5 heteroatoms. The Labute approximate surface area is 95.7 Å². The van der Waals surface area contributed by atoms with Crippen LogP contribution in [0.4, 0.5) is 0 Å². The van der Waals surface area contributed by atoms with E-state index >= 15 is 0 Å². The zero-order chi connectivity index (χ0) is 12.3. The van der Waals surface area contributed by atoms with Crippen LogP contribution in [0.15, 0.2) is 0 Å². The largest absolute Gasteiger partial charge is 0.383 e. The van der Waals surface area contributed by atoms with Crippen molar-refractivity contribution in [1.29, 1.82) is 0 Å². The van der Waals surface area contributed by atoms with Crippen molar-refractivity contribution in [3.8, 4) is 0 Å². The Morgan fingerprint density at radius 1 is 1.69 bits per heavy atom. The molecule has 1 heterocycles.